The van der Waals surface area contributed by atoms with Gasteiger partial charge in [0.1, 0.15) is 18.2 Å². The van der Waals surface area contributed by atoms with Gasteiger partial charge in [0.25, 0.3) is 0 Å². The molecule has 0 unspecified atom stereocenters. The van der Waals surface area contributed by atoms with E-state index in [0.29, 0.717) is 11.3 Å². The van der Waals surface area contributed by atoms with Crippen molar-refractivity contribution in [3.63, 3.8) is 0 Å². The van der Waals surface area contributed by atoms with Gasteiger partial charge in [0.15, 0.2) is 0 Å². The Morgan fingerprint density at radius 2 is 1.90 bits per heavy atom. The number of carbonyl (C=O) groups excluding carboxylic acids is 1. The summed E-state index contributed by atoms with van der Waals surface area (Å²) in [6.45, 7) is 0.0822. The smallest absolute Gasteiger partial charge is 0.338 e. The summed E-state index contributed by atoms with van der Waals surface area (Å²) in [5.74, 6) is -0.262. The van der Waals surface area contributed by atoms with Crippen LogP contribution in [-0.4, -0.2) is 13.1 Å². The van der Waals surface area contributed by atoms with Gasteiger partial charge < -0.3 is 9.47 Å². The van der Waals surface area contributed by atoms with Gasteiger partial charge in [0.2, 0.25) is 0 Å². The maximum atomic E-state index is 12.8. The Hall–Kier alpha value is -1.88. The second kappa shape index (κ2) is 6.52. The maximum Gasteiger partial charge on any atom is 0.338 e. The van der Waals surface area contributed by atoms with Gasteiger partial charge in [-0.1, -0.05) is 15.9 Å². The number of rotatable bonds is 4. The topological polar surface area (TPSA) is 35.5 Å². The molecule has 0 aliphatic rings. The minimum Gasteiger partial charge on any atom is -0.496 e. The molecule has 0 fully saturated rings. The van der Waals surface area contributed by atoms with Crippen molar-refractivity contribution in [2.24, 2.45) is 0 Å². The zero-order valence-electron chi connectivity index (χ0n) is 10.7. The van der Waals surface area contributed by atoms with Gasteiger partial charge in [-0.25, -0.2) is 9.18 Å². The summed E-state index contributed by atoms with van der Waals surface area (Å²) in [5, 5.41) is 0. The first-order valence-electron chi connectivity index (χ1n) is 5.85. The molecule has 2 rings (SSSR count). The molecule has 3 nitrogen and oxygen atoms in total. The fourth-order valence-corrected chi connectivity index (χ4v) is 2.08. The molecule has 104 valence electrons. The molecule has 0 heterocycles. The van der Waals surface area contributed by atoms with E-state index in [-0.39, 0.29) is 6.61 Å². The fraction of sp³-hybridized carbons (Fsp3) is 0.133. The van der Waals surface area contributed by atoms with Crippen LogP contribution in [0.1, 0.15) is 15.9 Å². The quantitative estimate of drug-likeness (QED) is 0.791. The molecule has 0 aliphatic carbocycles. The number of methoxy groups -OCH3 is 1. The van der Waals surface area contributed by atoms with Crippen molar-refractivity contribution in [1.29, 1.82) is 0 Å². The van der Waals surface area contributed by atoms with Crippen LogP contribution in [0, 0.1) is 5.82 Å². The lowest BCUT2D eigenvalue weighted by molar-refractivity contribution is 0.0470. The third kappa shape index (κ3) is 3.57. The van der Waals surface area contributed by atoms with Crippen molar-refractivity contribution < 1.29 is 18.7 Å². The van der Waals surface area contributed by atoms with Crippen LogP contribution < -0.4 is 4.74 Å². The van der Waals surface area contributed by atoms with E-state index >= 15 is 0 Å². The second-order valence-corrected chi connectivity index (χ2v) is 4.95. The number of hydrogen-bond donors (Lipinski definition) is 0. The number of benzene rings is 2. The first kappa shape index (κ1) is 14.5. The molecule has 0 saturated heterocycles. The summed E-state index contributed by atoms with van der Waals surface area (Å²) >= 11 is 3.35. The molecule has 0 bridgehead atoms. The highest BCUT2D eigenvalue weighted by Gasteiger charge is 2.10. The van der Waals surface area contributed by atoms with E-state index in [2.05, 4.69) is 15.9 Å². The molecule has 0 amide bonds. The normalized spacial score (nSPS) is 10.2. The molecule has 0 aromatic heterocycles. The zero-order chi connectivity index (χ0) is 14.5. The van der Waals surface area contributed by atoms with Gasteiger partial charge in [-0.05, 0) is 42.5 Å². The standard InChI is InChI=1S/C15H12BrFO3/c1-19-14-7-4-12(16)8-11(14)9-20-15(18)10-2-5-13(17)6-3-10/h2-8H,9H2,1H3. The fourth-order valence-electron chi connectivity index (χ4n) is 1.67. The van der Waals surface area contributed by atoms with Crippen LogP contribution in [0.3, 0.4) is 0 Å². The monoisotopic (exact) mass is 338 g/mol. The highest BCUT2D eigenvalue weighted by molar-refractivity contribution is 9.10. The van der Waals surface area contributed by atoms with Gasteiger partial charge in [-0.3, -0.25) is 0 Å². The van der Waals surface area contributed by atoms with E-state index in [1.165, 1.54) is 24.3 Å². The van der Waals surface area contributed by atoms with Crippen molar-refractivity contribution in [3.8, 4) is 5.75 Å². The third-order valence-corrected chi connectivity index (χ3v) is 3.17. The number of ether oxygens (including phenoxy) is 2. The van der Waals surface area contributed by atoms with Crippen molar-refractivity contribution in [3.05, 3.63) is 63.9 Å². The number of esters is 1. The first-order valence-corrected chi connectivity index (χ1v) is 6.64. The minimum atomic E-state index is -0.507. The first-order chi connectivity index (χ1) is 9.60. The molecule has 0 radical (unpaired) electrons. The van der Waals surface area contributed by atoms with E-state index in [1.807, 2.05) is 12.1 Å². The predicted molar refractivity (Wildman–Crippen MR) is 76.2 cm³/mol. The second-order valence-electron chi connectivity index (χ2n) is 4.04. The van der Waals surface area contributed by atoms with Crippen LogP contribution in [-0.2, 0) is 11.3 Å². The van der Waals surface area contributed by atoms with Gasteiger partial charge in [-0.2, -0.15) is 0 Å². The van der Waals surface area contributed by atoms with Crippen molar-refractivity contribution >= 4 is 21.9 Å². The van der Waals surface area contributed by atoms with Crippen LogP contribution in [0.4, 0.5) is 4.39 Å². The molecule has 5 heteroatoms. The van der Waals surface area contributed by atoms with Crippen molar-refractivity contribution in [2.75, 3.05) is 7.11 Å². The Balaban J connectivity index is 2.06. The lowest BCUT2D eigenvalue weighted by Crippen LogP contribution is -2.06. The van der Waals surface area contributed by atoms with Gasteiger partial charge >= 0.3 is 5.97 Å². The summed E-state index contributed by atoms with van der Waals surface area (Å²) in [5.41, 5.74) is 1.05. The van der Waals surface area contributed by atoms with Crippen LogP contribution in [0.2, 0.25) is 0 Å². The zero-order valence-corrected chi connectivity index (χ0v) is 12.3. The number of hydrogen-bond acceptors (Lipinski definition) is 3. The third-order valence-electron chi connectivity index (χ3n) is 2.68. The van der Waals surface area contributed by atoms with Gasteiger partial charge in [0.05, 0.1) is 12.7 Å². The molecule has 2 aromatic rings. The summed E-state index contributed by atoms with van der Waals surface area (Å²) in [6, 6.07) is 10.6. The predicted octanol–water partition coefficient (Wildman–Crippen LogP) is 3.95. The Kier molecular flexibility index (Phi) is 4.74. The van der Waals surface area contributed by atoms with Crippen LogP contribution >= 0.6 is 15.9 Å². The number of halogens is 2. The average molecular weight is 339 g/mol. The van der Waals surface area contributed by atoms with E-state index in [1.54, 1.807) is 13.2 Å². The number of carbonyl (C=O) groups is 1. The molecule has 2 aromatic carbocycles. The van der Waals surface area contributed by atoms with E-state index in [4.69, 9.17) is 9.47 Å². The van der Waals surface area contributed by atoms with E-state index < -0.39 is 11.8 Å². The van der Waals surface area contributed by atoms with Crippen molar-refractivity contribution in [2.45, 2.75) is 6.61 Å². The highest BCUT2D eigenvalue weighted by Crippen LogP contribution is 2.24. The minimum absolute atomic E-state index is 0.0822. The van der Waals surface area contributed by atoms with Crippen LogP contribution in [0.25, 0.3) is 0 Å². The lowest BCUT2D eigenvalue weighted by Gasteiger charge is -2.10. The molecule has 0 spiro atoms. The molecule has 0 saturated carbocycles. The Bertz CT molecular complexity index is 611. The molecule has 0 N–H and O–H groups in total. The molecular formula is C15H12BrFO3. The van der Waals surface area contributed by atoms with E-state index in [0.717, 1.165) is 10.0 Å². The molecule has 0 aliphatic heterocycles. The molecule has 0 atom stereocenters. The van der Waals surface area contributed by atoms with Crippen LogP contribution in [0.5, 0.6) is 5.75 Å². The Morgan fingerprint density at radius 1 is 1.20 bits per heavy atom. The summed E-state index contributed by atoms with van der Waals surface area (Å²) in [7, 11) is 1.55. The van der Waals surface area contributed by atoms with Crippen molar-refractivity contribution in [1.82, 2.24) is 0 Å². The maximum absolute atomic E-state index is 12.8. The van der Waals surface area contributed by atoms with Gasteiger partial charge in [-0.15, -0.1) is 0 Å². The lowest BCUT2D eigenvalue weighted by atomic mass is 10.2. The van der Waals surface area contributed by atoms with Crippen LogP contribution in [0.15, 0.2) is 46.9 Å². The SMILES string of the molecule is COc1ccc(Br)cc1COC(=O)c1ccc(F)cc1. The molecule has 20 heavy (non-hydrogen) atoms. The summed E-state index contributed by atoms with van der Waals surface area (Å²) in [4.78, 5) is 11.8. The average Bonchev–Trinajstić information content (AvgIpc) is 2.45. The Morgan fingerprint density at radius 3 is 2.55 bits per heavy atom. The summed E-state index contributed by atoms with van der Waals surface area (Å²) < 4.78 is 24.0. The Labute approximate surface area is 124 Å². The molecular weight excluding hydrogens is 327 g/mol. The largest absolute Gasteiger partial charge is 0.496 e. The van der Waals surface area contributed by atoms with Gasteiger partial charge in [0, 0.05) is 10.0 Å². The van der Waals surface area contributed by atoms with E-state index in [9.17, 15) is 9.18 Å². The highest BCUT2D eigenvalue weighted by atomic mass is 79.9. The summed E-state index contributed by atoms with van der Waals surface area (Å²) in [6.07, 6.45) is 0.